The summed E-state index contributed by atoms with van der Waals surface area (Å²) in [5.74, 6) is 1.16. The number of rotatable bonds is 4. The van der Waals surface area contributed by atoms with Crippen molar-refractivity contribution in [2.24, 2.45) is 17.8 Å². The maximum atomic E-state index is 11.9. The second-order valence-electron chi connectivity index (χ2n) is 7.72. The molecule has 4 aliphatic carbocycles. The highest BCUT2D eigenvalue weighted by molar-refractivity contribution is 5.75. The molecule has 4 rings (SSSR count). The topological polar surface area (TPSA) is 17.1 Å². The van der Waals surface area contributed by atoms with E-state index in [9.17, 15) is 4.79 Å². The van der Waals surface area contributed by atoms with Crippen molar-refractivity contribution in [3.63, 3.8) is 0 Å². The fourth-order valence-electron chi connectivity index (χ4n) is 5.37. The molecule has 126 valence electrons. The lowest BCUT2D eigenvalue weighted by molar-refractivity contribution is -0.105. The van der Waals surface area contributed by atoms with E-state index in [2.05, 4.69) is 30.4 Å². The van der Waals surface area contributed by atoms with Gasteiger partial charge in [0.1, 0.15) is 6.29 Å². The van der Waals surface area contributed by atoms with Crippen LogP contribution in [0, 0.1) is 17.8 Å². The van der Waals surface area contributed by atoms with Crippen LogP contribution in [0.5, 0.6) is 0 Å². The Morgan fingerprint density at radius 1 is 0.917 bits per heavy atom. The molecule has 0 heterocycles. The number of carbonyl (C=O) groups excluding carboxylic acids is 1. The zero-order valence-electron chi connectivity index (χ0n) is 14.8. The van der Waals surface area contributed by atoms with Gasteiger partial charge in [-0.1, -0.05) is 41.5 Å². The minimum atomic E-state index is 0.302. The maximum absolute atomic E-state index is 11.9. The van der Waals surface area contributed by atoms with E-state index < -0.39 is 0 Å². The molecule has 0 radical (unpaired) electrons. The molecule has 4 aliphatic rings. The van der Waals surface area contributed by atoms with E-state index in [1.807, 2.05) is 6.92 Å². The average Bonchev–Trinajstić information content (AvgIpc) is 3.24. The van der Waals surface area contributed by atoms with Crippen molar-refractivity contribution in [3.05, 3.63) is 58.2 Å². The van der Waals surface area contributed by atoms with Crippen molar-refractivity contribution in [2.45, 2.75) is 58.3 Å². The first-order chi connectivity index (χ1) is 11.8. The molecule has 0 amide bonds. The molecule has 2 atom stereocenters. The predicted molar refractivity (Wildman–Crippen MR) is 99.6 cm³/mol. The van der Waals surface area contributed by atoms with E-state index in [0.717, 1.165) is 11.9 Å². The monoisotopic (exact) mass is 320 g/mol. The summed E-state index contributed by atoms with van der Waals surface area (Å²) in [6.07, 6.45) is 22.9. The van der Waals surface area contributed by atoms with E-state index in [-0.39, 0.29) is 0 Å². The third kappa shape index (κ3) is 2.59. The first kappa shape index (κ1) is 15.9. The van der Waals surface area contributed by atoms with Gasteiger partial charge >= 0.3 is 0 Å². The fraction of sp³-hybridized carbons (Fsp3) is 0.522. The van der Waals surface area contributed by atoms with Gasteiger partial charge in [-0.25, -0.2) is 0 Å². The molecule has 24 heavy (non-hydrogen) atoms. The number of hydrogen-bond acceptors (Lipinski definition) is 1. The Labute approximate surface area is 145 Å². The lowest BCUT2D eigenvalue weighted by atomic mass is 9.69. The molecule has 0 aromatic carbocycles. The average molecular weight is 320 g/mol. The number of aldehydes is 1. The minimum Gasteiger partial charge on any atom is -0.298 e. The molecule has 0 aliphatic heterocycles. The molecular weight excluding hydrogens is 292 g/mol. The Bertz CT molecular complexity index is 635. The summed E-state index contributed by atoms with van der Waals surface area (Å²) in [6.45, 7) is 2.03. The first-order valence-corrected chi connectivity index (χ1v) is 9.75. The highest BCUT2D eigenvalue weighted by Gasteiger charge is 2.38. The SMILES string of the molecule is CC=C(C=O)C(C1C=CC2=C1CCCC2)C1C=CC2=C1CCCC2. The van der Waals surface area contributed by atoms with Crippen molar-refractivity contribution < 1.29 is 4.79 Å². The van der Waals surface area contributed by atoms with Crippen LogP contribution < -0.4 is 0 Å². The molecule has 1 nitrogen and oxygen atoms in total. The summed E-state index contributed by atoms with van der Waals surface area (Å²) in [5, 5.41) is 0. The molecule has 0 bridgehead atoms. The highest BCUT2D eigenvalue weighted by atomic mass is 16.1. The Morgan fingerprint density at radius 3 is 1.88 bits per heavy atom. The van der Waals surface area contributed by atoms with Crippen LogP contribution in [-0.2, 0) is 4.79 Å². The van der Waals surface area contributed by atoms with Gasteiger partial charge in [0.15, 0.2) is 0 Å². The van der Waals surface area contributed by atoms with Crippen LogP contribution in [0.2, 0.25) is 0 Å². The second kappa shape index (κ2) is 6.70. The molecular formula is C23H28O. The maximum Gasteiger partial charge on any atom is 0.146 e. The van der Waals surface area contributed by atoms with Gasteiger partial charge in [0.05, 0.1) is 0 Å². The van der Waals surface area contributed by atoms with Gasteiger partial charge in [-0.15, -0.1) is 0 Å². The van der Waals surface area contributed by atoms with E-state index in [1.54, 1.807) is 22.3 Å². The van der Waals surface area contributed by atoms with Crippen LogP contribution in [0.15, 0.2) is 58.2 Å². The van der Waals surface area contributed by atoms with Crippen LogP contribution >= 0.6 is 0 Å². The molecule has 1 heteroatoms. The van der Waals surface area contributed by atoms with Crippen molar-refractivity contribution >= 4 is 6.29 Å². The van der Waals surface area contributed by atoms with Gasteiger partial charge in [-0.2, -0.15) is 0 Å². The third-order valence-corrected chi connectivity index (χ3v) is 6.55. The Morgan fingerprint density at radius 2 is 1.42 bits per heavy atom. The quantitative estimate of drug-likeness (QED) is 0.468. The van der Waals surface area contributed by atoms with Crippen molar-refractivity contribution in [1.82, 2.24) is 0 Å². The summed E-state index contributed by atoms with van der Waals surface area (Å²) in [6, 6.07) is 0. The van der Waals surface area contributed by atoms with Gasteiger partial charge in [0.2, 0.25) is 0 Å². The van der Waals surface area contributed by atoms with E-state index in [4.69, 9.17) is 0 Å². The van der Waals surface area contributed by atoms with E-state index >= 15 is 0 Å². The first-order valence-electron chi connectivity index (χ1n) is 9.75. The van der Waals surface area contributed by atoms with E-state index in [0.29, 0.717) is 17.8 Å². The standard InChI is InChI=1S/C23H28O/c1-2-16(15-24)23(21-13-11-17-7-3-5-9-19(17)21)22-14-12-18-8-4-6-10-20(18)22/h2,11-15,21-23H,3-10H2,1H3. The smallest absolute Gasteiger partial charge is 0.146 e. The summed E-state index contributed by atoms with van der Waals surface area (Å²) in [5.41, 5.74) is 7.39. The number of allylic oxidation sites excluding steroid dienone is 10. The third-order valence-electron chi connectivity index (χ3n) is 6.55. The van der Waals surface area contributed by atoms with Crippen LogP contribution in [0.3, 0.4) is 0 Å². The molecule has 0 N–H and O–H groups in total. The van der Waals surface area contributed by atoms with E-state index in [1.165, 1.54) is 51.4 Å². The van der Waals surface area contributed by atoms with Gasteiger partial charge < -0.3 is 0 Å². The summed E-state index contributed by atoms with van der Waals surface area (Å²) in [4.78, 5) is 11.9. The second-order valence-corrected chi connectivity index (χ2v) is 7.72. The predicted octanol–water partition coefficient (Wildman–Crippen LogP) is 5.86. The minimum absolute atomic E-state index is 0.302. The van der Waals surface area contributed by atoms with Gasteiger partial charge in [0, 0.05) is 17.8 Å². The fourth-order valence-corrected chi connectivity index (χ4v) is 5.37. The zero-order chi connectivity index (χ0) is 16.5. The molecule has 0 aromatic heterocycles. The van der Waals surface area contributed by atoms with Gasteiger partial charge in [0.25, 0.3) is 0 Å². The molecule has 0 fully saturated rings. The Hall–Kier alpha value is -1.63. The van der Waals surface area contributed by atoms with Crippen LogP contribution in [0.1, 0.15) is 58.3 Å². The molecule has 0 spiro atoms. The molecule has 0 saturated heterocycles. The zero-order valence-corrected chi connectivity index (χ0v) is 14.8. The van der Waals surface area contributed by atoms with Crippen LogP contribution in [0.25, 0.3) is 0 Å². The van der Waals surface area contributed by atoms with Crippen molar-refractivity contribution in [2.75, 3.05) is 0 Å². The largest absolute Gasteiger partial charge is 0.298 e. The molecule has 0 saturated carbocycles. The highest BCUT2D eigenvalue weighted by Crippen LogP contribution is 2.49. The van der Waals surface area contributed by atoms with Crippen molar-refractivity contribution in [3.8, 4) is 0 Å². The lowest BCUT2D eigenvalue weighted by Crippen LogP contribution is -2.26. The van der Waals surface area contributed by atoms with Crippen LogP contribution in [0.4, 0.5) is 0 Å². The molecule has 0 aromatic rings. The normalized spacial score (nSPS) is 30.6. The number of carbonyl (C=O) groups is 1. The summed E-state index contributed by atoms with van der Waals surface area (Å²) < 4.78 is 0. The van der Waals surface area contributed by atoms with Gasteiger partial charge in [-0.3, -0.25) is 4.79 Å². The summed E-state index contributed by atoms with van der Waals surface area (Å²) >= 11 is 0. The number of hydrogen-bond donors (Lipinski definition) is 0. The van der Waals surface area contributed by atoms with Gasteiger partial charge in [-0.05, 0) is 75.0 Å². The Balaban J connectivity index is 1.73. The lowest BCUT2D eigenvalue weighted by Gasteiger charge is -2.34. The van der Waals surface area contributed by atoms with Crippen LogP contribution in [-0.4, -0.2) is 6.29 Å². The van der Waals surface area contributed by atoms with Crippen molar-refractivity contribution in [1.29, 1.82) is 0 Å². The Kier molecular flexibility index (Phi) is 4.43. The molecule has 2 unspecified atom stereocenters. The summed E-state index contributed by atoms with van der Waals surface area (Å²) in [7, 11) is 0.